The van der Waals surface area contributed by atoms with Gasteiger partial charge in [-0.25, -0.2) is 0 Å². The van der Waals surface area contributed by atoms with Gasteiger partial charge in [0.05, 0.1) is 18.8 Å². The Balaban J connectivity index is 1.97. The predicted molar refractivity (Wildman–Crippen MR) is 91.9 cm³/mol. The fourth-order valence-electron chi connectivity index (χ4n) is 6.22. The van der Waals surface area contributed by atoms with Crippen LogP contribution in [0, 0.1) is 28.1 Å². The summed E-state index contributed by atoms with van der Waals surface area (Å²) in [5.74, 6) is 0.989. The molecule has 2 saturated carbocycles. The van der Waals surface area contributed by atoms with Crippen LogP contribution >= 0.6 is 0 Å². The SMILES string of the molecule is CC1(C)CC[C@@H](O)[C@@]2(C)[C@@H]3CC[C@](C)([C@H](O)CO)C=C3CC[C@H]12. The van der Waals surface area contributed by atoms with Crippen molar-refractivity contribution < 1.29 is 15.3 Å². The Morgan fingerprint density at radius 3 is 2.48 bits per heavy atom. The highest BCUT2D eigenvalue weighted by atomic mass is 16.3. The lowest BCUT2D eigenvalue weighted by atomic mass is 9.44. The van der Waals surface area contributed by atoms with Crippen molar-refractivity contribution in [2.75, 3.05) is 6.61 Å². The number of rotatable bonds is 2. The molecule has 0 saturated heterocycles. The van der Waals surface area contributed by atoms with Crippen LogP contribution in [0.4, 0.5) is 0 Å². The van der Waals surface area contributed by atoms with Crippen molar-refractivity contribution in [2.45, 2.75) is 78.4 Å². The summed E-state index contributed by atoms with van der Waals surface area (Å²) >= 11 is 0. The summed E-state index contributed by atoms with van der Waals surface area (Å²) in [4.78, 5) is 0. The molecule has 3 heteroatoms. The van der Waals surface area contributed by atoms with E-state index in [2.05, 4.69) is 33.8 Å². The minimum atomic E-state index is -0.686. The van der Waals surface area contributed by atoms with Gasteiger partial charge < -0.3 is 15.3 Å². The molecule has 3 N–H and O–H groups in total. The number of hydrogen-bond donors (Lipinski definition) is 3. The predicted octanol–water partition coefficient (Wildman–Crippen LogP) is 3.28. The van der Waals surface area contributed by atoms with Crippen LogP contribution in [-0.4, -0.2) is 34.1 Å². The second-order valence-corrected chi connectivity index (χ2v) is 9.52. The van der Waals surface area contributed by atoms with Gasteiger partial charge in [-0.05, 0) is 55.8 Å². The van der Waals surface area contributed by atoms with E-state index >= 15 is 0 Å². The van der Waals surface area contributed by atoms with Crippen LogP contribution in [0.15, 0.2) is 11.6 Å². The van der Waals surface area contributed by atoms with Crippen molar-refractivity contribution >= 4 is 0 Å². The van der Waals surface area contributed by atoms with Gasteiger partial charge >= 0.3 is 0 Å². The van der Waals surface area contributed by atoms with Crippen molar-refractivity contribution in [3.63, 3.8) is 0 Å². The maximum absolute atomic E-state index is 10.9. The molecule has 0 unspecified atom stereocenters. The molecular formula is C20H34O3. The Labute approximate surface area is 140 Å². The Bertz CT molecular complexity index is 497. The first kappa shape index (κ1) is 17.4. The van der Waals surface area contributed by atoms with Gasteiger partial charge in [-0.3, -0.25) is 0 Å². The summed E-state index contributed by atoms with van der Waals surface area (Å²) < 4.78 is 0. The molecular weight excluding hydrogens is 288 g/mol. The van der Waals surface area contributed by atoms with Crippen LogP contribution in [0.1, 0.15) is 66.2 Å². The highest BCUT2D eigenvalue weighted by molar-refractivity contribution is 5.26. The highest BCUT2D eigenvalue weighted by Gasteiger charge is 2.58. The van der Waals surface area contributed by atoms with E-state index in [0.29, 0.717) is 17.3 Å². The van der Waals surface area contributed by atoms with Crippen LogP contribution in [-0.2, 0) is 0 Å². The molecule has 3 nitrogen and oxygen atoms in total. The van der Waals surface area contributed by atoms with Crippen LogP contribution in [0.2, 0.25) is 0 Å². The van der Waals surface area contributed by atoms with Gasteiger partial charge in [-0.1, -0.05) is 39.3 Å². The van der Waals surface area contributed by atoms with Crippen LogP contribution < -0.4 is 0 Å². The Hall–Kier alpha value is -0.380. The molecule has 2 fully saturated rings. The fourth-order valence-corrected chi connectivity index (χ4v) is 6.22. The number of aliphatic hydroxyl groups is 3. The molecule has 0 aromatic carbocycles. The summed E-state index contributed by atoms with van der Waals surface area (Å²) in [6.07, 6.45) is 7.47. The molecule has 0 amide bonds. The molecule has 3 rings (SSSR count). The van der Waals surface area contributed by atoms with Crippen molar-refractivity contribution in [2.24, 2.45) is 28.1 Å². The first-order valence-electron chi connectivity index (χ1n) is 9.34. The summed E-state index contributed by atoms with van der Waals surface area (Å²) in [7, 11) is 0. The smallest absolute Gasteiger partial charge is 0.0858 e. The van der Waals surface area contributed by atoms with Gasteiger partial charge in [0.1, 0.15) is 0 Å². The summed E-state index contributed by atoms with van der Waals surface area (Å²) in [5.41, 5.74) is 1.35. The van der Waals surface area contributed by atoms with E-state index in [1.165, 1.54) is 5.57 Å². The molecule has 6 atom stereocenters. The van der Waals surface area contributed by atoms with Gasteiger partial charge in [0, 0.05) is 10.8 Å². The second kappa shape index (κ2) is 5.57. The maximum Gasteiger partial charge on any atom is 0.0858 e. The molecule has 0 aliphatic heterocycles. The maximum atomic E-state index is 10.9. The summed E-state index contributed by atoms with van der Waals surface area (Å²) in [6.45, 7) is 8.94. The minimum Gasteiger partial charge on any atom is -0.394 e. The largest absolute Gasteiger partial charge is 0.394 e. The molecule has 3 aliphatic rings. The standard InChI is InChI=1S/C20H34O3/c1-18(2)9-8-16(22)20(4)14-7-10-19(3,17(23)12-21)11-13(14)5-6-15(18)20/h11,14-17,21-23H,5-10,12H2,1-4H3/t14-,15-,16-,17-,19+,20+/m1/s1. The molecule has 0 spiro atoms. The lowest BCUT2D eigenvalue weighted by Gasteiger charge is -2.61. The van der Waals surface area contributed by atoms with E-state index in [9.17, 15) is 15.3 Å². The normalized spacial score (nSPS) is 47.3. The zero-order valence-corrected chi connectivity index (χ0v) is 15.2. The molecule has 0 aromatic heterocycles. The molecule has 3 aliphatic carbocycles. The lowest BCUT2D eigenvalue weighted by molar-refractivity contribution is -0.143. The third-order valence-corrected chi connectivity index (χ3v) is 7.82. The number of allylic oxidation sites excluding steroid dienone is 1. The molecule has 132 valence electrons. The third-order valence-electron chi connectivity index (χ3n) is 7.82. The number of fused-ring (bicyclic) bond motifs is 3. The average molecular weight is 322 g/mol. The molecule has 0 bridgehead atoms. The molecule has 0 radical (unpaired) electrons. The van der Waals surface area contributed by atoms with Gasteiger partial charge in [0.15, 0.2) is 0 Å². The van der Waals surface area contributed by atoms with Gasteiger partial charge in [-0.15, -0.1) is 0 Å². The number of aliphatic hydroxyl groups excluding tert-OH is 3. The van der Waals surface area contributed by atoms with E-state index in [1.807, 2.05) is 0 Å². The molecule has 0 aromatic rings. The monoisotopic (exact) mass is 322 g/mol. The third kappa shape index (κ3) is 2.51. The molecule has 0 heterocycles. The fraction of sp³-hybridized carbons (Fsp3) is 0.900. The first-order chi connectivity index (χ1) is 10.6. The Kier molecular flexibility index (Phi) is 4.23. The van der Waals surface area contributed by atoms with E-state index in [4.69, 9.17) is 0 Å². The van der Waals surface area contributed by atoms with E-state index < -0.39 is 6.10 Å². The minimum absolute atomic E-state index is 0.0443. The van der Waals surface area contributed by atoms with E-state index in [0.717, 1.165) is 38.5 Å². The summed E-state index contributed by atoms with van der Waals surface area (Å²) in [6, 6.07) is 0. The van der Waals surface area contributed by atoms with Gasteiger partial charge in [-0.2, -0.15) is 0 Å². The average Bonchev–Trinajstić information content (AvgIpc) is 2.50. The first-order valence-corrected chi connectivity index (χ1v) is 9.34. The lowest BCUT2D eigenvalue weighted by Crippen LogP contribution is -2.57. The van der Waals surface area contributed by atoms with Crippen molar-refractivity contribution in [3.8, 4) is 0 Å². The van der Waals surface area contributed by atoms with Crippen molar-refractivity contribution in [1.29, 1.82) is 0 Å². The second-order valence-electron chi connectivity index (χ2n) is 9.52. The quantitative estimate of drug-likeness (QED) is 0.684. The van der Waals surface area contributed by atoms with Crippen LogP contribution in [0.25, 0.3) is 0 Å². The van der Waals surface area contributed by atoms with Crippen LogP contribution in [0.5, 0.6) is 0 Å². The van der Waals surface area contributed by atoms with E-state index in [1.54, 1.807) is 0 Å². The molecule has 23 heavy (non-hydrogen) atoms. The highest BCUT2D eigenvalue weighted by Crippen LogP contribution is 2.63. The Morgan fingerprint density at radius 2 is 1.83 bits per heavy atom. The zero-order chi connectivity index (χ0) is 17.0. The van der Waals surface area contributed by atoms with Crippen molar-refractivity contribution in [3.05, 3.63) is 11.6 Å². The van der Waals surface area contributed by atoms with Crippen LogP contribution in [0.3, 0.4) is 0 Å². The number of hydrogen-bond acceptors (Lipinski definition) is 3. The van der Waals surface area contributed by atoms with Gasteiger partial charge in [0.2, 0.25) is 0 Å². The Morgan fingerprint density at radius 1 is 1.13 bits per heavy atom. The summed E-state index contributed by atoms with van der Waals surface area (Å²) in [5, 5.41) is 30.5. The zero-order valence-electron chi connectivity index (χ0n) is 15.2. The van der Waals surface area contributed by atoms with Gasteiger partial charge in [0.25, 0.3) is 0 Å². The van der Waals surface area contributed by atoms with Crippen molar-refractivity contribution in [1.82, 2.24) is 0 Å². The van der Waals surface area contributed by atoms with E-state index in [-0.39, 0.29) is 23.5 Å². The topological polar surface area (TPSA) is 60.7 Å².